The van der Waals surface area contributed by atoms with Gasteiger partial charge in [0.25, 0.3) is 0 Å². The Bertz CT molecular complexity index is 147. The first-order valence-corrected chi connectivity index (χ1v) is 4.71. The zero-order valence-electron chi connectivity index (χ0n) is 8.64. The quantitative estimate of drug-likeness (QED) is 0.434. The Balaban J connectivity index is 3.60. The molecule has 0 radical (unpaired) electrons. The zero-order valence-corrected chi connectivity index (χ0v) is 8.64. The second kappa shape index (κ2) is 6.96. The van der Waals surface area contributed by atoms with Crippen molar-refractivity contribution in [1.29, 1.82) is 0 Å². The lowest BCUT2D eigenvalue weighted by molar-refractivity contribution is 0.440. The fourth-order valence-electron chi connectivity index (χ4n) is 0.978. The molecule has 0 rings (SSSR count). The molecular formula is C11H21N. The Morgan fingerprint density at radius 1 is 1.42 bits per heavy atom. The highest BCUT2D eigenvalue weighted by Crippen LogP contribution is 2.04. The van der Waals surface area contributed by atoms with Crippen molar-refractivity contribution in [2.75, 3.05) is 13.6 Å². The van der Waals surface area contributed by atoms with Gasteiger partial charge in [0.2, 0.25) is 0 Å². The van der Waals surface area contributed by atoms with Crippen molar-refractivity contribution in [3.8, 4) is 0 Å². The molecule has 0 aliphatic heterocycles. The summed E-state index contributed by atoms with van der Waals surface area (Å²) in [5, 5.41) is 0. The number of hydrogen-bond donors (Lipinski definition) is 0. The largest absolute Gasteiger partial charge is 0.379 e. The highest BCUT2D eigenvalue weighted by molar-refractivity contribution is 4.95. The lowest BCUT2D eigenvalue weighted by Gasteiger charge is -2.16. The predicted octanol–water partition coefficient (Wildman–Crippen LogP) is 3.20. The van der Waals surface area contributed by atoms with Gasteiger partial charge in [0.05, 0.1) is 0 Å². The highest BCUT2D eigenvalue weighted by Gasteiger charge is 1.92. The molecular weight excluding hydrogens is 146 g/mol. The van der Waals surface area contributed by atoms with E-state index in [0.717, 1.165) is 13.0 Å². The van der Waals surface area contributed by atoms with Crippen molar-refractivity contribution < 1.29 is 0 Å². The first kappa shape index (κ1) is 11.3. The molecule has 0 aliphatic carbocycles. The molecule has 0 N–H and O–H groups in total. The summed E-state index contributed by atoms with van der Waals surface area (Å²) in [7, 11) is 2.12. The first-order chi connectivity index (χ1) is 5.72. The minimum absolute atomic E-state index is 1.09. The smallest absolute Gasteiger partial charge is 0.0143 e. The van der Waals surface area contributed by atoms with Crippen LogP contribution in [0.4, 0.5) is 0 Å². The number of nitrogens with zero attached hydrogens (tertiary/aromatic N) is 1. The van der Waals surface area contributed by atoms with E-state index in [4.69, 9.17) is 0 Å². The van der Waals surface area contributed by atoms with E-state index in [2.05, 4.69) is 38.5 Å². The minimum atomic E-state index is 1.09. The molecule has 0 atom stereocenters. The molecule has 0 spiro atoms. The van der Waals surface area contributed by atoms with E-state index in [1.54, 1.807) is 0 Å². The van der Waals surface area contributed by atoms with E-state index in [9.17, 15) is 0 Å². The topological polar surface area (TPSA) is 3.24 Å². The number of unbranched alkanes of at least 4 members (excludes halogenated alkanes) is 2. The van der Waals surface area contributed by atoms with Crippen LogP contribution in [-0.4, -0.2) is 18.5 Å². The third-order valence-corrected chi connectivity index (χ3v) is 2.13. The van der Waals surface area contributed by atoms with Crippen LogP contribution >= 0.6 is 0 Å². The molecule has 1 nitrogen and oxygen atoms in total. The van der Waals surface area contributed by atoms with E-state index in [0.29, 0.717) is 0 Å². The van der Waals surface area contributed by atoms with Crippen molar-refractivity contribution in [3.05, 3.63) is 24.4 Å². The second-order valence-corrected chi connectivity index (χ2v) is 3.08. The van der Waals surface area contributed by atoms with Crippen molar-refractivity contribution in [2.45, 2.75) is 33.1 Å². The molecule has 0 fully saturated rings. The molecule has 0 aliphatic rings. The van der Waals surface area contributed by atoms with Crippen molar-refractivity contribution >= 4 is 0 Å². The standard InChI is InChI=1S/C11H21N/c1-5-7-8-9-10-11(3)12(4)6-2/h5,10H,1,6-9H2,2-4H3. The average molecular weight is 167 g/mol. The Morgan fingerprint density at radius 2 is 2.08 bits per heavy atom. The third kappa shape index (κ3) is 5.00. The average Bonchev–Trinajstić information content (AvgIpc) is 2.10. The van der Waals surface area contributed by atoms with Gasteiger partial charge >= 0.3 is 0 Å². The zero-order chi connectivity index (χ0) is 9.40. The monoisotopic (exact) mass is 167 g/mol. The summed E-state index contributed by atoms with van der Waals surface area (Å²) >= 11 is 0. The fraction of sp³-hybridized carbons (Fsp3) is 0.636. The van der Waals surface area contributed by atoms with Crippen LogP contribution in [0.3, 0.4) is 0 Å². The van der Waals surface area contributed by atoms with Gasteiger partial charge < -0.3 is 4.90 Å². The van der Waals surface area contributed by atoms with Gasteiger partial charge in [-0.2, -0.15) is 0 Å². The molecule has 70 valence electrons. The van der Waals surface area contributed by atoms with Crippen LogP contribution in [0.25, 0.3) is 0 Å². The Hall–Kier alpha value is -0.720. The van der Waals surface area contributed by atoms with Gasteiger partial charge in [0.1, 0.15) is 0 Å². The summed E-state index contributed by atoms with van der Waals surface area (Å²) in [5.41, 5.74) is 1.38. The Kier molecular flexibility index (Phi) is 6.54. The molecule has 0 heterocycles. The van der Waals surface area contributed by atoms with E-state index in [1.807, 2.05) is 6.08 Å². The maximum absolute atomic E-state index is 3.70. The van der Waals surface area contributed by atoms with Crippen LogP contribution in [0.15, 0.2) is 24.4 Å². The summed E-state index contributed by atoms with van der Waals surface area (Å²) in [4.78, 5) is 2.26. The van der Waals surface area contributed by atoms with E-state index >= 15 is 0 Å². The summed E-state index contributed by atoms with van der Waals surface area (Å²) < 4.78 is 0. The molecule has 0 unspecified atom stereocenters. The molecule has 12 heavy (non-hydrogen) atoms. The summed E-state index contributed by atoms with van der Waals surface area (Å²) in [6, 6.07) is 0. The number of rotatable bonds is 6. The molecule has 0 aromatic heterocycles. The molecule has 0 saturated carbocycles. The third-order valence-electron chi connectivity index (χ3n) is 2.13. The van der Waals surface area contributed by atoms with Crippen molar-refractivity contribution in [2.24, 2.45) is 0 Å². The van der Waals surface area contributed by atoms with Crippen LogP contribution in [-0.2, 0) is 0 Å². The molecule has 0 aromatic carbocycles. The van der Waals surface area contributed by atoms with Crippen molar-refractivity contribution in [1.82, 2.24) is 4.90 Å². The molecule has 0 bridgehead atoms. The van der Waals surface area contributed by atoms with Gasteiger partial charge in [-0.05, 0) is 33.1 Å². The van der Waals surface area contributed by atoms with Gasteiger partial charge in [-0.15, -0.1) is 6.58 Å². The van der Waals surface area contributed by atoms with E-state index < -0.39 is 0 Å². The van der Waals surface area contributed by atoms with Crippen molar-refractivity contribution in [3.63, 3.8) is 0 Å². The molecule has 0 saturated heterocycles. The van der Waals surface area contributed by atoms with E-state index in [1.165, 1.54) is 18.5 Å². The summed E-state index contributed by atoms with van der Waals surface area (Å²) in [6.07, 6.45) is 7.79. The lowest BCUT2D eigenvalue weighted by Crippen LogP contribution is -2.14. The number of hydrogen-bond acceptors (Lipinski definition) is 1. The number of allylic oxidation sites excluding steroid dienone is 3. The Morgan fingerprint density at radius 3 is 2.58 bits per heavy atom. The van der Waals surface area contributed by atoms with Gasteiger partial charge in [0.15, 0.2) is 0 Å². The lowest BCUT2D eigenvalue weighted by atomic mass is 10.2. The fourth-order valence-corrected chi connectivity index (χ4v) is 0.978. The summed E-state index contributed by atoms with van der Waals surface area (Å²) in [6.45, 7) is 9.12. The molecule has 0 aromatic rings. The van der Waals surface area contributed by atoms with E-state index in [-0.39, 0.29) is 0 Å². The van der Waals surface area contributed by atoms with Crippen LogP contribution in [0.2, 0.25) is 0 Å². The second-order valence-electron chi connectivity index (χ2n) is 3.08. The van der Waals surface area contributed by atoms with Gasteiger partial charge in [-0.25, -0.2) is 0 Å². The van der Waals surface area contributed by atoms with Gasteiger partial charge in [-0.3, -0.25) is 0 Å². The minimum Gasteiger partial charge on any atom is -0.379 e. The normalized spacial score (nSPS) is 11.4. The van der Waals surface area contributed by atoms with Crippen LogP contribution in [0, 0.1) is 0 Å². The molecule has 0 amide bonds. The van der Waals surface area contributed by atoms with Crippen LogP contribution in [0.1, 0.15) is 33.1 Å². The van der Waals surface area contributed by atoms with Crippen LogP contribution < -0.4 is 0 Å². The summed E-state index contributed by atoms with van der Waals surface area (Å²) in [5.74, 6) is 0. The van der Waals surface area contributed by atoms with Gasteiger partial charge in [0, 0.05) is 19.3 Å². The molecule has 1 heteroatoms. The Labute approximate surface area is 76.8 Å². The van der Waals surface area contributed by atoms with Crippen LogP contribution in [0.5, 0.6) is 0 Å². The first-order valence-electron chi connectivity index (χ1n) is 4.71. The maximum Gasteiger partial charge on any atom is 0.0143 e. The van der Waals surface area contributed by atoms with Gasteiger partial charge in [-0.1, -0.05) is 12.2 Å². The SMILES string of the molecule is C=CCCCC=C(C)N(C)CC. The maximum atomic E-state index is 3.70. The highest BCUT2D eigenvalue weighted by atomic mass is 15.1. The predicted molar refractivity (Wildman–Crippen MR) is 56.1 cm³/mol.